The fourth-order valence-corrected chi connectivity index (χ4v) is 1.06. The van der Waals surface area contributed by atoms with Gasteiger partial charge in [0.25, 0.3) is 0 Å². The van der Waals surface area contributed by atoms with Crippen LogP contribution in [0.25, 0.3) is 0 Å². The Morgan fingerprint density at radius 2 is 2.23 bits per heavy atom. The van der Waals surface area contributed by atoms with E-state index < -0.39 is 11.7 Å². The maximum absolute atomic E-state index is 12.8. The highest BCUT2D eigenvalue weighted by Crippen LogP contribution is 2.23. The zero-order valence-electron chi connectivity index (χ0n) is 6.30. The van der Waals surface area contributed by atoms with E-state index in [1.807, 2.05) is 0 Å². The summed E-state index contributed by atoms with van der Waals surface area (Å²) >= 11 is 5.48. The number of carbonyl (C=O) groups is 1. The topological polar surface area (TPSA) is 78.2 Å². The largest absolute Gasteiger partial charge is 0.761 e. The number of hydrogen-bond acceptors (Lipinski definition) is 3. The molecule has 0 aliphatic heterocycles. The van der Waals surface area contributed by atoms with E-state index in [0.717, 1.165) is 12.1 Å². The van der Waals surface area contributed by atoms with Crippen molar-refractivity contribution < 1.29 is 9.18 Å². The van der Waals surface area contributed by atoms with Crippen molar-refractivity contribution in [1.29, 1.82) is 0 Å². The lowest BCUT2D eigenvalue weighted by Gasteiger charge is -2.11. The van der Waals surface area contributed by atoms with Crippen LogP contribution in [0, 0.1) is 11.0 Å². The molecule has 0 bridgehead atoms. The van der Waals surface area contributed by atoms with Crippen LogP contribution < -0.4 is 11.2 Å². The Kier molecular flexibility index (Phi) is 2.69. The SMILES string of the molecule is NC(=O)c1cc(N[O-])c(F)cc1Cl. The minimum atomic E-state index is -0.829. The number of benzene rings is 1. The number of carbonyl (C=O) groups excluding carboxylic acids is 1. The van der Waals surface area contributed by atoms with Gasteiger partial charge in [0.05, 0.1) is 16.3 Å². The molecular formula is C7H5ClFN2O2-. The van der Waals surface area contributed by atoms with Crippen LogP contribution in [0.1, 0.15) is 10.4 Å². The number of rotatable bonds is 2. The van der Waals surface area contributed by atoms with Gasteiger partial charge >= 0.3 is 0 Å². The van der Waals surface area contributed by atoms with E-state index in [1.165, 1.54) is 5.48 Å². The van der Waals surface area contributed by atoms with Gasteiger partial charge in [0.15, 0.2) is 0 Å². The average molecular weight is 204 g/mol. The third-order valence-corrected chi connectivity index (χ3v) is 1.74. The molecule has 0 saturated heterocycles. The molecule has 70 valence electrons. The van der Waals surface area contributed by atoms with Crippen LogP contribution in [0.3, 0.4) is 0 Å². The minimum Gasteiger partial charge on any atom is -0.761 e. The molecule has 13 heavy (non-hydrogen) atoms. The summed E-state index contributed by atoms with van der Waals surface area (Å²) in [5.41, 5.74) is 5.78. The number of amides is 1. The molecular weight excluding hydrogens is 199 g/mol. The molecule has 1 aromatic carbocycles. The number of nitrogens with one attached hydrogen (secondary N) is 1. The highest BCUT2D eigenvalue weighted by Gasteiger charge is 2.10. The summed E-state index contributed by atoms with van der Waals surface area (Å²) in [6.45, 7) is 0. The van der Waals surface area contributed by atoms with Gasteiger partial charge in [-0.15, -0.1) is 0 Å². The van der Waals surface area contributed by atoms with Gasteiger partial charge < -0.3 is 16.4 Å². The van der Waals surface area contributed by atoms with Crippen molar-refractivity contribution in [2.45, 2.75) is 0 Å². The van der Waals surface area contributed by atoms with Crippen LogP contribution in [0.2, 0.25) is 5.02 Å². The molecule has 0 heterocycles. The first-order chi connectivity index (χ1) is 6.06. The number of halogens is 2. The van der Waals surface area contributed by atoms with Crippen molar-refractivity contribution in [3.8, 4) is 0 Å². The molecule has 0 aromatic heterocycles. The number of nitrogens with two attached hydrogens (primary N) is 1. The molecule has 0 spiro atoms. The van der Waals surface area contributed by atoms with E-state index in [0.29, 0.717) is 0 Å². The molecule has 3 N–H and O–H groups in total. The summed E-state index contributed by atoms with van der Waals surface area (Å²) in [6.07, 6.45) is 0. The van der Waals surface area contributed by atoms with Crippen LogP contribution in [0.4, 0.5) is 10.1 Å². The maximum atomic E-state index is 12.8. The van der Waals surface area contributed by atoms with Crippen LogP contribution in [0.15, 0.2) is 12.1 Å². The average Bonchev–Trinajstić information content (AvgIpc) is 2.03. The van der Waals surface area contributed by atoms with Crippen molar-refractivity contribution in [2.75, 3.05) is 5.48 Å². The number of anilines is 1. The van der Waals surface area contributed by atoms with E-state index in [1.54, 1.807) is 0 Å². The molecule has 1 rings (SSSR count). The fraction of sp³-hybridized carbons (Fsp3) is 0. The smallest absolute Gasteiger partial charge is 0.250 e. The summed E-state index contributed by atoms with van der Waals surface area (Å²) in [4.78, 5) is 10.7. The third kappa shape index (κ3) is 1.88. The van der Waals surface area contributed by atoms with Crippen molar-refractivity contribution in [3.63, 3.8) is 0 Å². The van der Waals surface area contributed by atoms with Crippen LogP contribution in [-0.2, 0) is 0 Å². The van der Waals surface area contributed by atoms with E-state index in [4.69, 9.17) is 17.3 Å². The third-order valence-electron chi connectivity index (χ3n) is 1.43. The van der Waals surface area contributed by atoms with Gasteiger partial charge in [-0.05, 0) is 12.1 Å². The van der Waals surface area contributed by atoms with E-state index in [9.17, 15) is 14.4 Å². The normalized spacial score (nSPS) is 9.77. The van der Waals surface area contributed by atoms with Crippen molar-refractivity contribution in [1.82, 2.24) is 0 Å². The molecule has 0 atom stereocenters. The second-order valence-electron chi connectivity index (χ2n) is 2.28. The van der Waals surface area contributed by atoms with E-state index in [2.05, 4.69) is 0 Å². The molecule has 0 aliphatic rings. The van der Waals surface area contributed by atoms with Crippen LogP contribution >= 0.6 is 11.6 Å². The summed E-state index contributed by atoms with van der Waals surface area (Å²) in [5.74, 6) is -1.65. The van der Waals surface area contributed by atoms with Gasteiger partial charge in [-0.3, -0.25) is 4.79 Å². The molecule has 0 fully saturated rings. The lowest BCUT2D eigenvalue weighted by atomic mass is 10.2. The fourth-order valence-electron chi connectivity index (χ4n) is 0.816. The second-order valence-corrected chi connectivity index (χ2v) is 2.69. The molecule has 0 saturated carbocycles. The molecule has 0 radical (unpaired) electrons. The Hall–Kier alpha value is -1.33. The quantitative estimate of drug-likeness (QED) is 0.715. The van der Waals surface area contributed by atoms with Crippen LogP contribution in [0.5, 0.6) is 0 Å². The first-order valence-electron chi connectivity index (χ1n) is 3.23. The first-order valence-corrected chi connectivity index (χ1v) is 3.61. The Bertz CT molecular complexity index is 357. The Balaban J connectivity index is 3.30. The molecule has 1 amide bonds. The van der Waals surface area contributed by atoms with Crippen molar-refractivity contribution >= 4 is 23.2 Å². The molecule has 6 heteroatoms. The molecule has 0 unspecified atom stereocenters. The highest BCUT2D eigenvalue weighted by molar-refractivity contribution is 6.33. The Morgan fingerprint density at radius 3 is 2.69 bits per heavy atom. The summed E-state index contributed by atoms with van der Waals surface area (Å²) in [6, 6.07) is 1.81. The van der Waals surface area contributed by atoms with E-state index in [-0.39, 0.29) is 16.3 Å². The lowest BCUT2D eigenvalue weighted by molar-refractivity contribution is 0.100. The van der Waals surface area contributed by atoms with Gasteiger partial charge in [0.1, 0.15) is 5.82 Å². The summed E-state index contributed by atoms with van der Waals surface area (Å²) < 4.78 is 12.8. The van der Waals surface area contributed by atoms with Gasteiger partial charge in [-0.1, -0.05) is 11.6 Å². The lowest BCUT2D eigenvalue weighted by Crippen LogP contribution is -2.12. The van der Waals surface area contributed by atoms with Gasteiger partial charge in [0, 0.05) is 0 Å². The number of hydrogen-bond donors (Lipinski definition) is 2. The standard InChI is InChI=1S/C7H5ClFN2O2/c8-4-2-5(9)6(11-13)1-3(4)7(10)12/h1-2,11H,(H2,10,12)/q-1. The zero-order valence-corrected chi connectivity index (χ0v) is 7.06. The Labute approximate surface area is 78.1 Å². The Morgan fingerprint density at radius 1 is 1.62 bits per heavy atom. The van der Waals surface area contributed by atoms with Gasteiger partial charge in [0.2, 0.25) is 5.91 Å². The minimum absolute atomic E-state index is 0.0959. The number of primary amides is 1. The maximum Gasteiger partial charge on any atom is 0.250 e. The van der Waals surface area contributed by atoms with Crippen LogP contribution in [-0.4, -0.2) is 5.91 Å². The van der Waals surface area contributed by atoms with Crippen molar-refractivity contribution in [3.05, 3.63) is 33.7 Å². The summed E-state index contributed by atoms with van der Waals surface area (Å²) in [7, 11) is 0. The first kappa shape index (κ1) is 9.76. The zero-order chi connectivity index (χ0) is 10.0. The highest BCUT2D eigenvalue weighted by atomic mass is 35.5. The molecule has 1 aromatic rings. The molecule has 0 aliphatic carbocycles. The van der Waals surface area contributed by atoms with Gasteiger partial charge in [-0.25, -0.2) is 4.39 Å². The second kappa shape index (κ2) is 3.59. The van der Waals surface area contributed by atoms with E-state index >= 15 is 0 Å². The van der Waals surface area contributed by atoms with Crippen molar-refractivity contribution in [2.24, 2.45) is 5.73 Å². The van der Waals surface area contributed by atoms with Gasteiger partial charge in [-0.2, -0.15) is 0 Å². The monoisotopic (exact) mass is 203 g/mol. The molecule has 4 nitrogen and oxygen atoms in total. The predicted octanol–water partition coefficient (Wildman–Crippen LogP) is 1.49. The predicted molar refractivity (Wildman–Crippen MR) is 46.9 cm³/mol. The summed E-state index contributed by atoms with van der Waals surface area (Å²) in [5, 5.41) is 10.0.